The summed E-state index contributed by atoms with van der Waals surface area (Å²) in [4.78, 5) is 16.3. The van der Waals surface area contributed by atoms with E-state index in [1.54, 1.807) is 19.1 Å². The number of nitrogens with one attached hydrogen (secondary N) is 1. The molecule has 1 aliphatic rings. The molecule has 0 bridgehead atoms. The minimum Gasteiger partial charge on any atom is -0.360 e. The number of piperidine rings is 1. The van der Waals surface area contributed by atoms with Gasteiger partial charge in [0.05, 0.1) is 0 Å². The number of hydrogen-bond acceptors (Lipinski definition) is 6. The zero-order chi connectivity index (χ0) is 17.2. The molecule has 1 amide bonds. The maximum absolute atomic E-state index is 12.5. The second-order valence-electron chi connectivity index (χ2n) is 5.68. The minimum absolute atomic E-state index is 0.165. The third kappa shape index (κ3) is 3.46. The molecule has 1 N–H and O–H groups in total. The van der Waals surface area contributed by atoms with Crippen LogP contribution in [0.25, 0.3) is 0 Å². The Bertz CT molecular complexity index is 811. The number of carbonyl (C=O) groups is 1. The SMILES string of the molecule is Cc1cc(NC(=O)C2CCN(S(=O)(=O)c3cccnc3)CC2)no1. The van der Waals surface area contributed by atoms with Crippen LogP contribution in [0.3, 0.4) is 0 Å². The Morgan fingerprint density at radius 2 is 2.12 bits per heavy atom. The first-order chi connectivity index (χ1) is 11.5. The van der Waals surface area contributed by atoms with Crippen LogP contribution in [-0.4, -0.2) is 41.9 Å². The fourth-order valence-electron chi connectivity index (χ4n) is 2.66. The van der Waals surface area contributed by atoms with Crippen LogP contribution in [0.5, 0.6) is 0 Å². The summed E-state index contributed by atoms with van der Waals surface area (Å²) in [5, 5.41) is 6.42. The number of aryl methyl sites for hydroxylation is 1. The van der Waals surface area contributed by atoms with E-state index in [1.165, 1.54) is 22.8 Å². The van der Waals surface area contributed by atoms with Gasteiger partial charge in [-0.25, -0.2) is 8.42 Å². The summed E-state index contributed by atoms with van der Waals surface area (Å²) in [6.45, 7) is 2.34. The van der Waals surface area contributed by atoms with Crippen LogP contribution in [-0.2, 0) is 14.8 Å². The standard InChI is InChI=1S/C15H18N4O4S/c1-11-9-14(18-23-11)17-15(20)12-4-7-19(8-5-12)24(21,22)13-3-2-6-16-10-13/h2-3,6,9-10,12H,4-5,7-8H2,1H3,(H,17,18,20). The number of pyridine rings is 1. The van der Waals surface area contributed by atoms with Crippen molar-refractivity contribution in [3.05, 3.63) is 36.4 Å². The van der Waals surface area contributed by atoms with Gasteiger partial charge in [-0.3, -0.25) is 9.78 Å². The van der Waals surface area contributed by atoms with Gasteiger partial charge in [0, 0.05) is 37.5 Å². The molecular formula is C15H18N4O4S. The number of amides is 1. The predicted octanol–water partition coefficient (Wildman–Crippen LogP) is 1.42. The van der Waals surface area contributed by atoms with Gasteiger partial charge in [0.1, 0.15) is 10.7 Å². The maximum atomic E-state index is 12.5. The van der Waals surface area contributed by atoms with Gasteiger partial charge in [0.25, 0.3) is 0 Å². The van der Waals surface area contributed by atoms with Crippen molar-refractivity contribution >= 4 is 21.7 Å². The zero-order valence-electron chi connectivity index (χ0n) is 13.2. The Hall–Kier alpha value is -2.26. The summed E-state index contributed by atoms with van der Waals surface area (Å²) < 4.78 is 31.3. The van der Waals surface area contributed by atoms with Crippen LogP contribution in [0.1, 0.15) is 18.6 Å². The Kier molecular flexibility index (Phi) is 4.63. The van der Waals surface area contributed by atoms with Crippen LogP contribution < -0.4 is 5.32 Å². The molecule has 0 atom stereocenters. The molecule has 2 aromatic heterocycles. The van der Waals surface area contributed by atoms with Gasteiger partial charge in [0.15, 0.2) is 5.82 Å². The van der Waals surface area contributed by atoms with E-state index in [9.17, 15) is 13.2 Å². The largest absolute Gasteiger partial charge is 0.360 e. The van der Waals surface area contributed by atoms with Crippen molar-refractivity contribution in [2.24, 2.45) is 5.92 Å². The molecular weight excluding hydrogens is 332 g/mol. The van der Waals surface area contributed by atoms with E-state index in [0.717, 1.165) is 0 Å². The molecule has 1 saturated heterocycles. The highest BCUT2D eigenvalue weighted by molar-refractivity contribution is 7.89. The topological polar surface area (TPSA) is 105 Å². The molecule has 0 radical (unpaired) electrons. The van der Waals surface area contributed by atoms with E-state index < -0.39 is 10.0 Å². The summed E-state index contributed by atoms with van der Waals surface area (Å²) in [7, 11) is -3.55. The first-order valence-electron chi connectivity index (χ1n) is 7.61. The highest BCUT2D eigenvalue weighted by atomic mass is 32.2. The molecule has 3 rings (SSSR count). The second kappa shape index (κ2) is 6.70. The molecule has 0 spiro atoms. The van der Waals surface area contributed by atoms with Gasteiger partial charge < -0.3 is 9.84 Å². The minimum atomic E-state index is -3.55. The number of carbonyl (C=O) groups excluding carboxylic acids is 1. The molecule has 0 aliphatic carbocycles. The van der Waals surface area contributed by atoms with Crippen molar-refractivity contribution in [2.75, 3.05) is 18.4 Å². The normalized spacial score (nSPS) is 16.9. The molecule has 24 heavy (non-hydrogen) atoms. The summed E-state index contributed by atoms with van der Waals surface area (Å²) in [6.07, 6.45) is 3.78. The third-order valence-corrected chi connectivity index (χ3v) is 5.86. The number of anilines is 1. The Labute approximate surface area is 139 Å². The average molecular weight is 350 g/mol. The van der Waals surface area contributed by atoms with Crippen molar-refractivity contribution in [1.82, 2.24) is 14.4 Å². The van der Waals surface area contributed by atoms with Gasteiger partial charge >= 0.3 is 0 Å². The number of hydrogen-bond donors (Lipinski definition) is 1. The second-order valence-corrected chi connectivity index (χ2v) is 7.62. The fourth-order valence-corrected chi connectivity index (χ4v) is 4.09. The van der Waals surface area contributed by atoms with E-state index in [1.807, 2.05) is 0 Å². The van der Waals surface area contributed by atoms with E-state index in [4.69, 9.17) is 4.52 Å². The lowest BCUT2D eigenvalue weighted by Gasteiger charge is -2.30. The fraction of sp³-hybridized carbons (Fsp3) is 0.400. The van der Waals surface area contributed by atoms with Crippen LogP contribution in [0.15, 0.2) is 40.0 Å². The average Bonchev–Trinajstić information content (AvgIpc) is 3.00. The molecule has 0 aromatic carbocycles. The van der Waals surface area contributed by atoms with Crippen molar-refractivity contribution in [3.63, 3.8) is 0 Å². The highest BCUT2D eigenvalue weighted by Crippen LogP contribution is 2.24. The molecule has 1 aliphatic heterocycles. The van der Waals surface area contributed by atoms with Gasteiger partial charge in [-0.05, 0) is 31.9 Å². The summed E-state index contributed by atoms with van der Waals surface area (Å²) >= 11 is 0. The van der Waals surface area contributed by atoms with E-state index in [0.29, 0.717) is 37.5 Å². The Balaban J connectivity index is 1.60. The summed E-state index contributed by atoms with van der Waals surface area (Å²) in [6, 6.07) is 4.75. The van der Waals surface area contributed by atoms with Gasteiger partial charge in [-0.2, -0.15) is 4.31 Å². The Morgan fingerprint density at radius 3 is 2.71 bits per heavy atom. The first kappa shape index (κ1) is 16.6. The summed E-state index contributed by atoms with van der Waals surface area (Å²) in [5.41, 5.74) is 0. The van der Waals surface area contributed by atoms with E-state index >= 15 is 0 Å². The van der Waals surface area contributed by atoms with Gasteiger partial charge in [0.2, 0.25) is 15.9 Å². The summed E-state index contributed by atoms with van der Waals surface area (Å²) in [5.74, 6) is 0.578. The lowest BCUT2D eigenvalue weighted by Crippen LogP contribution is -2.41. The molecule has 3 heterocycles. The molecule has 1 fully saturated rings. The smallest absolute Gasteiger partial charge is 0.244 e. The number of sulfonamides is 1. The van der Waals surface area contributed by atoms with Crippen molar-refractivity contribution < 1.29 is 17.7 Å². The molecule has 2 aromatic rings. The van der Waals surface area contributed by atoms with E-state index in [2.05, 4.69) is 15.5 Å². The molecule has 0 saturated carbocycles. The van der Waals surface area contributed by atoms with E-state index in [-0.39, 0.29) is 16.7 Å². The van der Waals surface area contributed by atoms with Crippen LogP contribution in [0, 0.1) is 12.8 Å². The number of aromatic nitrogens is 2. The maximum Gasteiger partial charge on any atom is 0.244 e. The molecule has 9 heteroatoms. The molecule has 128 valence electrons. The van der Waals surface area contributed by atoms with Gasteiger partial charge in [-0.15, -0.1) is 0 Å². The highest BCUT2D eigenvalue weighted by Gasteiger charge is 2.32. The van der Waals surface area contributed by atoms with Crippen molar-refractivity contribution in [3.8, 4) is 0 Å². The number of nitrogens with zero attached hydrogens (tertiary/aromatic N) is 3. The quantitative estimate of drug-likeness (QED) is 0.894. The predicted molar refractivity (Wildman–Crippen MR) is 85.6 cm³/mol. The van der Waals surface area contributed by atoms with Crippen LogP contribution >= 0.6 is 0 Å². The van der Waals surface area contributed by atoms with Gasteiger partial charge in [-0.1, -0.05) is 5.16 Å². The molecule has 0 unspecified atom stereocenters. The third-order valence-electron chi connectivity index (χ3n) is 3.98. The monoisotopic (exact) mass is 350 g/mol. The first-order valence-corrected chi connectivity index (χ1v) is 9.05. The zero-order valence-corrected chi connectivity index (χ0v) is 14.0. The van der Waals surface area contributed by atoms with Crippen molar-refractivity contribution in [1.29, 1.82) is 0 Å². The lowest BCUT2D eigenvalue weighted by molar-refractivity contribution is -0.120. The number of rotatable bonds is 4. The van der Waals surface area contributed by atoms with Crippen LogP contribution in [0.2, 0.25) is 0 Å². The van der Waals surface area contributed by atoms with Crippen molar-refractivity contribution in [2.45, 2.75) is 24.7 Å². The lowest BCUT2D eigenvalue weighted by atomic mass is 9.97. The molecule has 8 nitrogen and oxygen atoms in total. The van der Waals surface area contributed by atoms with Crippen LogP contribution in [0.4, 0.5) is 5.82 Å². The Morgan fingerprint density at radius 1 is 1.38 bits per heavy atom.